The summed E-state index contributed by atoms with van der Waals surface area (Å²) in [4.78, 5) is 0. The molecule has 1 aromatic rings. The highest BCUT2D eigenvalue weighted by Gasteiger charge is 2.30. The number of hydrogen-bond donors (Lipinski definition) is 0. The van der Waals surface area contributed by atoms with Crippen molar-refractivity contribution in [1.29, 1.82) is 0 Å². The number of benzene rings is 1. The fourth-order valence-corrected chi connectivity index (χ4v) is 6.10. The van der Waals surface area contributed by atoms with Crippen LogP contribution in [0, 0.1) is 23.7 Å². The fraction of sp³-hybridized carbons (Fsp3) is 0.786. The van der Waals surface area contributed by atoms with Crippen LogP contribution in [0.1, 0.15) is 109 Å². The van der Waals surface area contributed by atoms with Gasteiger partial charge in [-0.1, -0.05) is 83.3 Å². The minimum absolute atomic E-state index is 0.966. The van der Waals surface area contributed by atoms with Crippen LogP contribution in [0.4, 0.5) is 0 Å². The number of hydrogen-bond acceptors (Lipinski definition) is 1. The van der Waals surface area contributed by atoms with Crippen molar-refractivity contribution in [3.05, 3.63) is 29.8 Å². The van der Waals surface area contributed by atoms with Gasteiger partial charge in [0.25, 0.3) is 0 Å². The maximum atomic E-state index is 5.27. The molecule has 0 N–H and O–H groups in total. The lowest BCUT2D eigenvalue weighted by molar-refractivity contribution is 0.140. The second kappa shape index (κ2) is 12.7. The summed E-state index contributed by atoms with van der Waals surface area (Å²) >= 11 is 0. The van der Waals surface area contributed by atoms with Gasteiger partial charge in [0.1, 0.15) is 5.75 Å². The van der Waals surface area contributed by atoms with E-state index in [4.69, 9.17) is 4.74 Å². The molecule has 1 nitrogen and oxygen atoms in total. The molecule has 0 atom stereocenters. The first-order chi connectivity index (χ1) is 14.3. The van der Waals surface area contributed by atoms with E-state index in [1.807, 2.05) is 0 Å². The minimum Gasteiger partial charge on any atom is -0.497 e. The summed E-state index contributed by atoms with van der Waals surface area (Å²) in [6.07, 6.45) is 23.5. The van der Waals surface area contributed by atoms with Crippen molar-refractivity contribution >= 4 is 0 Å². The first kappa shape index (κ1) is 22.7. The van der Waals surface area contributed by atoms with Gasteiger partial charge in [0.15, 0.2) is 0 Å². The van der Waals surface area contributed by atoms with Crippen LogP contribution in [0.5, 0.6) is 5.75 Å². The molecule has 1 heteroatoms. The molecule has 0 saturated heterocycles. The largest absolute Gasteiger partial charge is 0.497 e. The van der Waals surface area contributed by atoms with Crippen LogP contribution in [-0.2, 0) is 6.42 Å². The third-order valence-electron chi connectivity index (χ3n) is 8.17. The Kier molecular flexibility index (Phi) is 9.91. The average molecular weight is 399 g/mol. The van der Waals surface area contributed by atoms with Gasteiger partial charge < -0.3 is 4.74 Å². The van der Waals surface area contributed by atoms with Crippen LogP contribution in [0.15, 0.2) is 24.3 Å². The Morgan fingerprint density at radius 3 is 1.79 bits per heavy atom. The maximum Gasteiger partial charge on any atom is 0.118 e. The summed E-state index contributed by atoms with van der Waals surface area (Å²) in [5.41, 5.74) is 1.47. The molecular formula is C28H46O. The van der Waals surface area contributed by atoms with Crippen molar-refractivity contribution in [3.8, 4) is 5.75 Å². The van der Waals surface area contributed by atoms with Gasteiger partial charge in [-0.2, -0.15) is 0 Å². The van der Waals surface area contributed by atoms with Crippen LogP contribution < -0.4 is 4.74 Å². The van der Waals surface area contributed by atoms with Crippen LogP contribution in [0.25, 0.3) is 0 Å². The lowest BCUT2D eigenvalue weighted by Crippen LogP contribution is -2.26. The minimum atomic E-state index is 0.966. The van der Waals surface area contributed by atoms with Crippen molar-refractivity contribution in [1.82, 2.24) is 0 Å². The van der Waals surface area contributed by atoms with Crippen LogP contribution >= 0.6 is 0 Å². The molecule has 2 aliphatic rings. The summed E-state index contributed by atoms with van der Waals surface area (Å²) < 4.78 is 5.27. The van der Waals surface area contributed by atoms with Gasteiger partial charge in [-0.3, -0.25) is 0 Å². The zero-order valence-electron chi connectivity index (χ0n) is 19.3. The molecule has 2 saturated carbocycles. The molecule has 2 fully saturated rings. The Morgan fingerprint density at radius 2 is 1.24 bits per heavy atom. The Bertz CT molecular complexity index is 532. The highest BCUT2D eigenvalue weighted by molar-refractivity contribution is 5.27. The molecule has 0 bridgehead atoms. The third kappa shape index (κ3) is 7.65. The van der Waals surface area contributed by atoms with Crippen LogP contribution in [-0.4, -0.2) is 7.11 Å². The number of ether oxygens (including phenoxy) is 1. The van der Waals surface area contributed by atoms with Gasteiger partial charge in [-0.25, -0.2) is 0 Å². The van der Waals surface area contributed by atoms with E-state index >= 15 is 0 Å². The molecule has 0 radical (unpaired) electrons. The first-order valence-electron chi connectivity index (χ1n) is 12.9. The summed E-state index contributed by atoms with van der Waals surface area (Å²) in [7, 11) is 1.74. The molecule has 0 amide bonds. The van der Waals surface area contributed by atoms with Crippen molar-refractivity contribution < 1.29 is 4.74 Å². The number of rotatable bonds is 11. The molecule has 164 valence electrons. The number of unbranched alkanes of at least 4 members (excludes halogenated alkanes) is 4. The number of methoxy groups -OCH3 is 1. The fourth-order valence-electron chi connectivity index (χ4n) is 6.10. The lowest BCUT2D eigenvalue weighted by atomic mass is 9.68. The molecule has 29 heavy (non-hydrogen) atoms. The van der Waals surface area contributed by atoms with Gasteiger partial charge in [0, 0.05) is 0 Å². The van der Waals surface area contributed by atoms with Gasteiger partial charge in [0.2, 0.25) is 0 Å². The molecule has 0 aliphatic heterocycles. The lowest BCUT2D eigenvalue weighted by Gasteiger charge is -2.38. The highest BCUT2D eigenvalue weighted by Crippen LogP contribution is 2.43. The topological polar surface area (TPSA) is 9.23 Å². The van der Waals surface area contributed by atoms with E-state index in [0.717, 1.165) is 29.4 Å². The van der Waals surface area contributed by atoms with Gasteiger partial charge in [-0.15, -0.1) is 0 Å². The summed E-state index contributed by atoms with van der Waals surface area (Å²) in [5.74, 6) is 5.12. The molecular weight excluding hydrogens is 352 g/mol. The van der Waals surface area contributed by atoms with Crippen molar-refractivity contribution in [2.45, 2.75) is 110 Å². The summed E-state index contributed by atoms with van der Waals surface area (Å²) in [5, 5.41) is 0. The monoisotopic (exact) mass is 398 g/mol. The zero-order valence-corrected chi connectivity index (χ0v) is 19.3. The van der Waals surface area contributed by atoms with Crippen molar-refractivity contribution in [3.63, 3.8) is 0 Å². The summed E-state index contributed by atoms with van der Waals surface area (Å²) in [6.45, 7) is 2.32. The molecule has 0 spiro atoms. The summed E-state index contributed by atoms with van der Waals surface area (Å²) in [6, 6.07) is 8.70. The highest BCUT2D eigenvalue weighted by atomic mass is 16.5. The molecule has 0 unspecified atom stereocenters. The normalized spacial score (nSPS) is 27.7. The molecule has 3 rings (SSSR count). The van der Waals surface area contributed by atoms with Gasteiger partial charge in [-0.05, 0) is 79.9 Å². The first-order valence-corrected chi connectivity index (χ1v) is 12.9. The Balaban J connectivity index is 1.28. The SMILES string of the molecule is CCCCCCC[C@H]1CC[C@H]([C@H]2CC[C@H](CCc3ccc(OC)cc3)CC2)CC1. The van der Waals surface area contributed by atoms with E-state index < -0.39 is 0 Å². The van der Waals surface area contributed by atoms with Crippen LogP contribution in [0.2, 0.25) is 0 Å². The predicted octanol–water partition coefficient (Wildman–Crippen LogP) is 8.60. The van der Waals surface area contributed by atoms with Crippen molar-refractivity contribution in [2.75, 3.05) is 7.11 Å². The standard InChI is InChI=1S/C28H46O/c1-3-4-5-6-7-8-23-11-17-26(18-12-23)27-19-13-24(14-20-27)9-10-25-15-21-28(29-2)22-16-25/h15-16,21-24,26-27H,3-14,17-20H2,1-2H3/t23-,24-,26-,27-. The number of aryl methyl sites for hydroxylation is 1. The van der Waals surface area contributed by atoms with E-state index in [0.29, 0.717) is 0 Å². The Hall–Kier alpha value is -0.980. The average Bonchev–Trinajstić information content (AvgIpc) is 2.79. The molecule has 2 aliphatic carbocycles. The van der Waals surface area contributed by atoms with Crippen LogP contribution in [0.3, 0.4) is 0 Å². The molecule has 0 heterocycles. The van der Waals surface area contributed by atoms with E-state index in [1.165, 1.54) is 95.5 Å². The molecule has 0 aromatic heterocycles. The second-order valence-corrected chi connectivity index (χ2v) is 10.2. The van der Waals surface area contributed by atoms with Gasteiger partial charge in [0.05, 0.1) is 7.11 Å². The molecule has 1 aromatic carbocycles. The zero-order chi connectivity index (χ0) is 20.3. The Labute approximate surface area is 181 Å². The van der Waals surface area contributed by atoms with Crippen molar-refractivity contribution in [2.24, 2.45) is 23.7 Å². The third-order valence-corrected chi connectivity index (χ3v) is 8.17. The van der Waals surface area contributed by atoms with Gasteiger partial charge >= 0.3 is 0 Å². The van der Waals surface area contributed by atoms with E-state index in [-0.39, 0.29) is 0 Å². The van der Waals surface area contributed by atoms with E-state index in [2.05, 4.69) is 31.2 Å². The predicted molar refractivity (Wildman–Crippen MR) is 126 cm³/mol. The maximum absolute atomic E-state index is 5.27. The smallest absolute Gasteiger partial charge is 0.118 e. The Morgan fingerprint density at radius 1 is 0.690 bits per heavy atom. The quantitative estimate of drug-likeness (QED) is 0.339. The van der Waals surface area contributed by atoms with E-state index in [1.54, 1.807) is 20.0 Å². The van der Waals surface area contributed by atoms with E-state index in [9.17, 15) is 0 Å². The second-order valence-electron chi connectivity index (χ2n) is 10.2.